The van der Waals surface area contributed by atoms with E-state index in [2.05, 4.69) is 0 Å². The number of hydrogen-bond acceptors (Lipinski definition) is 2. The molecule has 1 rings (SSSR count). The number of hydrogen-bond donors (Lipinski definition) is 1. The van der Waals surface area contributed by atoms with Crippen LogP contribution in [0.2, 0.25) is 5.02 Å². The van der Waals surface area contributed by atoms with Gasteiger partial charge in [0.05, 0.1) is 13.0 Å². The molecule has 19 heavy (non-hydrogen) atoms. The van der Waals surface area contributed by atoms with Gasteiger partial charge in [-0.1, -0.05) is 18.5 Å². The van der Waals surface area contributed by atoms with Crippen LogP contribution in [-0.4, -0.2) is 18.8 Å². The number of ether oxygens (including phenoxy) is 1. The van der Waals surface area contributed by atoms with Crippen molar-refractivity contribution in [2.75, 3.05) is 6.61 Å². The maximum absolute atomic E-state index is 12.1. The number of halogens is 4. The van der Waals surface area contributed by atoms with Gasteiger partial charge in [-0.05, 0) is 36.6 Å². The number of nitrogens with two attached hydrogens (primary N) is 1. The molecule has 1 aromatic carbocycles. The van der Waals surface area contributed by atoms with Crippen molar-refractivity contribution < 1.29 is 17.9 Å². The predicted molar refractivity (Wildman–Crippen MR) is 69.6 cm³/mol. The third-order valence-electron chi connectivity index (χ3n) is 2.67. The fourth-order valence-corrected chi connectivity index (χ4v) is 1.75. The molecule has 0 saturated carbocycles. The van der Waals surface area contributed by atoms with Crippen LogP contribution in [0.3, 0.4) is 0 Å². The van der Waals surface area contributed by atoms with Gasteiger partial charge < -0.3 is 10.5 Å². The highest BCUT2D eigenvalue weighted by molar-refractivity contribution is 6.30. The molecule has 0 spiro atoms. The largest absolute Gasteiger partial charge is 0.493 e. The van der Waals surface area contributed by atoms with E-state index < -0.39 is 19.2 Å². The highest BCUT2D eigenvalue weighted by Gasteiger charge is 2.27. The molecule has 1 atom stereocenters. The molecular formula is C13H17ClF3NO. The van der Waals surface area contributed by atoms with Crippen LogP contribution in [0, 0.1) is 0 Å². The van der Waals surface area contributed by atoms with Gasteiger partial charge in [0.25, 0.3) is 0 Å². The van der Waals surface area contributed by atoms with E-state index in [1.165, 1.54) is 0 Å². The summed E-state index contributed by atoms with van der Waals surface area (Å²) in [5, 5.41) is 0.515. The number of rotatable bonds is 6. The molecule has 0 amide bonds. The summed E-state index contributed by atoms with van der Waals surface area (Å²) in [6.07, 6.45) is -3.89. The normalized spacial score (nSPS) is 13.4. The minimum absolute atomic E-state index is 0.0663. The van der Waals surface area contributed by atoms with Gasteiger partial charge in [-0.2, -0.15) is 13.2 Å². The Kier molecular flexibility index (Phi) is 5.94. The van der Waals surface area contributed by atoms with Crippen LogP contribution >= 0.6 is 11.6 Å². The zero-order valence-electron chi connectivity index (χ0n) is 10.6. The monoisotopic (exact) mass is 295 g/mol. The number of benzene rings is 1. The lowest BCUT2D eigenvalue weighted by molar-refractivity contribution is -0.139. The summed E-state index contributed by atoms with van der Waals surface area (Å²) >= 11 is 5.87. The van der Waals surface area contributed by atoms with Crippen molar-refractivity contribution in [3.05, 3.63) is 28.8 Å². The van der Waals surface area contributed by atoms with Gasteiger partial charge in [-0.15, -0.1) is 0 Å². The second-order valence-electron chi connectivity index (χ2n) is 4.34. The van der Waals surface area contributed by atoms with Crippen molar-refractivity contribution in [2.24, 2.45) is 5.73 Å². The first-order valence-corrected chi connectivity index (χ1v) is 6.43. The van der Waals surface area contributed by atoms with Gasteiger partial charge in [0, 0.05) is 11.1 Å². The number of alkyl halides is 3. The van der Waals surface area contributed by atoms with Crippen molar-refractivity contribution in [3.63, 3.8) is 0 Å². The Morgan fingerprint density at radius 1 is 1.37 bits per heavy atom. The molecule has 0 radical (unpaired) electrons. The van der Waals surface area contributed by atoms with Crippen LogP contribution in [0.5, 0.6) is 5.75 Å². The molecule has 108 valence electrons. The fourth-order valence-electron chi connectivity index (χ4n) is 1.55. The lowest BCUT2D eigenvalue weighted by Crippen LogP contribution is -2.22. The zero-order chi connectivity index (χ0) is 14.5. The van der Waals surface area contributed by atoms with Gasteiger partial charge in [0.2, 0.25) is 0 Å². The Morgan fingerprint density at radius 3 is 2.63 bits per heavy atom. The van der Waals surface area contributed by atoms with Gasteiger partial charge in [0.1, 0.15) is 5.75 Å². The Hall–Kier alpha value is -0.940. The molecule has 0 aliphatic carbocycles. The molecule has 0 heterocycles. The summed E-state index contributed by atoms with van der Waals surface area (Å²) < 4.78 is 41.4. The third kappa shape index (κ3) is 6.16. The van der Waals surface area contributed by atoms with E-state index in [-0.39, 0.29) is 6.04 Å². The summed E-state index contributed by atoms with van der Waals surface area (Å²) in [4.78, 5) is 0. The Labute approximate surface area is 115 Å². The Morgan fingerprint density at radius 2 is 2.05 bits per heavy atom. The molecular weight excluding hydrogens is 279 g/mol. The van der Waals surface area contributed by atoms with E-state index in [1.807, 2.05) is 6.92 Å². The van der Waals surface area contributed by atoms with E-state index in [4.69, 9.17) is 22.1 Å². The Balaban J connectivity index is 2.70. The van der Waals surface area contributed by atoms with E-state index >= 15 is 0 Å². The Bertz CT molecular complexity index is 409. The molecule has 0 fully saturated rings. The van der Waals surface area contributed by atoms with Gasteiger partial charge >= 0.3 is 6.18 Å². The molecule has 0 aliphatic rings. The maximum atomic E-state index is 12.1. The SMILES string of the molecule is CCC(N)Cc1cc(Cl)ccc1OCCC(F)(F)F. The third-order valence-corrected chi connectivity index (χ3v) is 2.91. The van der Waals surface area contributed by atoms with Crippen LogP contribution in [0.1, 0.15) is 25.3 Å². The minimum atomic E-state index is -4.22. The molecule has 0 bridgehead atoms. The average molecular weight is 296 g/mol. The maximum Gasteiger partial charge on any atom is 0.392 e. The molecule has 2 nitrogen and oxygen atoms in total. The predicted octanol–water partition coefficient (Wildman–Crippen LogP) is 3.95. The topological polar surface area (TPSA) is 35.2 Å². The van der Waals surface area contributed by atoms with Gasteiger partial charge in [0.15, 0.2) is 0 Å². The lowest BCUT2D eigenvalue weighted by atomic mass is 10.0. The van der Waals surface area contributed by atoms with Crippen molar-refractivity contribution in [1.29, 1.82) is 0 Å². The van der Waals surface area contributed by atoms with Crippen molar-refractivity contribution in [1.82, 2.24) is 0 Å². The molecule has 0 aromatic heterocycles. The smallest absolute Gasteiger partial charge is 0.392 e. The first-order valence-electron chi connectivity index (χ1n) is 6.05. The van der Waals surface area contributed by atoms with Crippen LogP contribution < -0.4 is 10.5 Å². The highest BCUT2D eigenvalue weighted by Crippen LogP contribution is 2.26. The first-order chi connectivity index (χ1) is 8.81. The molecule has 0 aliphatic heterocycles. The zero-order valence-corrected chi connectivity index (χ0v) is 11.4. The van der Waals surface area contributed by atoms with E-state index in [0.29, 0.717) is 17.2 Å². The van der Waals surface area contributed by atoms with Crippen LogP contribution in [0.25, 0.3) is 0 Å². The highest BCUT2D eigenvalue weighted by atomic mass is 35.5. The van der Waals surface area contributed by atoms with Crippen molar-refractivity contribution in [3.8, 4) is 5.75 Å². The summed E-state index contributed by atoms with van der Waals surface area (Å²) in [5.41, 5.74) is 6.58. The summed E-state index contributed by atoms with van der Waals surface area (Å²) in [6.45, 7) is 1.54. The summed E-state index contributed by atoms with van der Waals surface area (Å²) in [6, 6.07) is 4.78. The lowest BCUT2D eigenvalue weighted by Gasteiger charge is -2.15. The van der Waals surface area contributed by atoms with E-state index in [9.17, 15) is 13.2 Å². The molecule has 6 heteroatoms. The molecule has 1 unspecified atom stereocenters. The van der Waals surface area contributed by atoms with Gasteiger partial charge in [-0.3, -0.25) is 0 Å². The van der Waals surface area contributed by atoms with E-state index in [0.717, 1.165) is 12.0 Å². The second-order valence-corrected chi connectivity index (χ2v) is 4.77. The van der Waals surface area contributed by atoms with Crippen LogP contribution in [-0.2, 0) is 6.42 Å². The molecule has 1 aromatic rings. The van der Waals surface area contributed by atoms with Crippen molar-refractivity contribution >= 4 is 11.6 Å². The van der Waals surface area contributed by atoms with Gasteiger partial charge in [-0.25, -0.2) is 0 Å². The first kappa shape index (κ1) is 16.1. The molecule has 2 N–H and O–H groups in total. The van der Waals surface area contributed by atoms with Crippen LogP contribution in [0.15, 0.2) is 18.2 Å². The van der Waals surface area contributed by atoms with E-state index in [1.54, 1.807) is 18.2 Å². The summed E-state index contributed by atoms with van der Waals surface area (Å²) in [7, 11) is 0. The standard InChI is InChI=1S/C13H17ClF3NO/c1-2-11(18)8-9-7-10(14)3-4-12(9)19-6-5-13(15,16)17/h3-4,7,11H,2,5-6,8,18H2,1H3. The quantitative estimate of drug-likeness (QED) is 0.862. The summed E-state index contributed by atoms with van der Waals surface area (Å²) in [5.74, 6) is 0.414. The van der Waals surface area contributed by atoms with Crippen LogP contribution in [0.4, 0.5) is 13.2 Å². The second kappa shape index (κ2) is 7.01. The minimum Gasteiger partial charge on any atom is -0.493 e. The average Bonchev–Trinajstić information content (AvgIpc) is 2.30. The van der Waals surface area contributed by atoms with Crippen molar-refractivity contribution in [2.45, 2.75) is 38.4 Å². The fraction of sp³-hybridized carbons (Fsp3) is 0.538. The molecule has 0 saturated heterocycles.